The number of nitrogens with one attached hydrogen (secondary N) is 1. The van der Waals surface area contributed by atoms with E-state index < -0.39 is 10.0 Å². The number of aromatic nitrogens is 4. The molecule has 150 valence electrons. The zero-order valence-electron chi connectivity index (χ0n) is 16.4. The lowest BCUT2D eigenvalue weighted by Gasteiger charge is -2.32. The van der Waals surface area contributed by atoms with Gasteiger partial charge in [-0.1, -0.05) is 13.8 Å². The highest BCUT2D eigenvalue weighted by molar-refractivity contribution is 7.89. The molecular weight excluding hydrogens is 374 g/mol. The van der Waals surface area contributed by atoms with Crippen molar-refractivity contribution in [2.45, 2.75) is 33.2 Å². The van der Waals surface area contributed by atoms with Crippen molar-refractivity contribution in [2.24, 2.45) is 11.8 Å². The molecule has 1 saturated heterocycles. The van der Waals surface area contributed by atoms with Crippen molar-refractivity contribution in [3.05, 3.63) is 36.9 Å². The van der Waals surface area contributed by atoms with E-state index in [4.69, 9.17) is 0 Å². The van der Waals surface area contributed by atoms with Crippen LogP contribution >= 0.6 is 0 Å². The van der Waals surface area contributed by atoms with Crippen LogP contribution in [0.15, 0.2) is 36.9 Å². The van der Waals surface area contributed by atoms with Crippen LogP contribution in [0.1, 0.15) is 26.7 Å². The quantitative estimate of drug-likeness (QED) is 0.688. The minimum Gasteiger partial charge on any atom is -0.346 e. The van der Waals surface area contributed by atoms with Crippen LogP contribution < -0.4 is 0 Å². The third-order valence-corrected chi connectivity index (χ3v) is 7.66. The summed E-state index contributed by atoms with van der Waals surface area (Å²) in [6.07, 6.45) is 9.43. The summed E-state index contributed by atoms with van der Waals surface area (Å²) in [6.45, 7) is 6.05. The average molecular weight is 402 g/mol. The predicted octanol–water partition coefficient (Wildman–Crippen LogP) is 3.12. The summed E-state index contributed by atoms with van der Waals surface area (Å²) in [4.78, 5) is 4.58. The van der Waals surface area contributed by atoms with E-state index in [1.807, 2.05) is 26.2 Å². The van der Waals surface area contributed by atoms with E-state index in [0.717, 1.165) is 41.5 Å². The second-order valence-electron chi connectivity index (χ2n) is 8.10. The molecule has 1 fully saturated rings. The van der Waals surface area contributed by atoms with Gasteiger partial charge < -0.3 is 4.57 Å². The molecule has 0 unspecified atom stereocenters. The largest absolute Gasteiger partial charge is 0.346 e. The van der Waals surface area contributed by atoms with E-state index in [-0.39, 0.29) is 11.7 Å². The molecule has 0 aliphatic carbocycles. The minimum atomic E-state index is -3.12. The zero-order valence-corrected chi connectivity index (χ0v) is 17.2. The fourth-order valence-corrected chi connectivity index (χ4v) is 5.79. The second kappa shape index (κ2) is 7.67. The van der Waals surface area contributed by atoms with Gasteiger partial charge in [0.25, 0.3) is 0 Å². The minimum absolute atomic E-state index is 0.161. The Morgan fingerprint density at radius 3 is 2.71 bits per heavy atom. The zero-order chi connectivity index (χ0) is 19.7. The smallest absolute Gasteiger partial charge is 0.214 e. The average Bonchev–Trinajstić information content (AvgIpc) is 3.31. The molecule has 0 aromatic carbocycles. The molecule has 4 heterocycles. The highest BCUT2D eigenvalue weighted by Crippen LogP contribution is 2.26. The van der Waals surface area contributed by atoms with Gasteiger partial charge in [0, 0.05) is 43.0 Å². The number of pyridine rings is 1. The van der Waals surface area contributed by atoms with Crippen molar-refractivity contribution in [1.29, 1.82) is 0 Å². The van der Waals surface area contributed by atoms with Crippen molar-refractivity contribution in [3.63, 3.8) is 0 Å². The molecule has 1 aliphatic heterocycles. The lowest BCUT2D eigenvalue weighted by Crippen LogP contribution is -2.41. The normalized spacial score (nSPS) is 17.0. The molecule has 8 heteroatoms. The van der Waals surface area contributed by atoms with Gasteiger partial charge in [0.2, 0.25) is 10.0 Å². The Morgan fingerprint density at radius 2 is 2.04 bits per heavy atom. The number of hydrogen-bond acceptors (Lipinski definition) is 4. The van der Waals surface area contributed by atoms with E-state index in [1.165, 1.54) is 0 Å². The first-order valence-corrected chi connectivity index (χ1v) is 11.4. The SMILES string of the molecule is CC(C)CS(=O)(=O)N1CCC(Cn2ccc3cc(-c4cn[nH]c4)ncc32)CC1. The van der Waals surface area contributed by atoms with Crippen molar-refractivity contribution >= 4 is 20.9 Å². The molecular formula is C20H27N5O2S. The molecule has 0 amide bonds. The van der Waals surface area contributed by atoms with Crippen LogP contribution in [0.2, 0.25) is 0 Å². The third kappa shape index (κ3) is 3.98. The second-order valence-corrected chi connectivity index (χ2v) is 10.1. The predicted molar refractivity (Wildman–Crippen MR) is 110 cm³/mol. The van der Waals surface area contributed by atoms with Gasteiger partial charge in [0.15, 0.2) is 0 Å². The number of nitrogens with zero attached hydrogens (tertiary/aromatic N) is 4. The number of aromatic amines is 1. The van der Waals surface area contributed by atoms with Gasteiger partial charge >= 0.3 is 0 Å². The Kier molecular flexibility index (Phi) is 5.25. The number of piperidine rings is 1. The van der Waals surface area contributed by atoms with Crippen LogP contribution in [-0.4, -0.2) is 51.3 Å². The number of fused-ring (bicyclic) bond motifs is 1. The molecule has 7 nitrogen and oxygen atoms in total. The van der Waals surface area contributed by atoms with E-state index in [9.17, 15) is 8.42 Å². The summed E-state index contributed by atoms with van der Waals surface area (Å²) in [6, 6.07) is 4.20. The fourth-order valence-electron chi connectivity index (χ4n) is 3.97. The van der Waals surface area contributed by atoms with Crippen LogP contribution in [0.4, 0.5) is 0 Å². The first kappa shape index (κ1) is 19.1. The van der Waals surface area contributed by atoms with E-state index >= 15 is 0 Å². The molecule has 28 heavy (non-hydrogen) atoms. The Hall–Kier alpha value is -2.19. The van der Waals surface area contributed by atoms with Crippen LogP contribution in [0.5, 0.6) is 0 Å². The molecule has 0 saturated carbocycles. The Bertz CT molecular complexity index is 1030. The standard InChI is InChI=1S/C20H27N5O2S/c1-15(2)14-28(26,27)25-7-3-16(4-8-25)13-24-6-5-17-9-19(21-12-20(17)24)18-10-22-23-11-18/h5-6,9-12,15-16H,3-4,7-8,13-14H2,1-2H3,(H,22,23). The molecule has 0 atom stereocenters. The van der Waals surface area contributed by atoms with Crippen molar-refractivity contribution < 1.29 is 8.42 Å². The monoisotopic (exact) mass is 401 g/mol. The molecule has 3 aromatic rings. The highest BCUT2D eigenvalue weighted by Gasteiger charge is 2.28. The summed E-state index contributed by atoms with van der Waals surface area (Å²) in [5, 5.41) is 7.96. The van der Waals surface area contributed by atoms with Gasteiger partial charge in [-0.3, -0.25) is 10.1 Å². The van der Waals surface area contributed by atoms with Crippen molar-refractivity contribution in [3.8, 4) is 11.3 Å². The summed E-state index contributed by atoms with van der Waals surface area (Å²) in [5.74, 6) is 0.882. The lowest BCUT2D eigenvalue weighted by molar-refractivity contribution is 0.254. The van der Waals surface area contributed by atoms with Gasteiger partial charge in [-0.25, -0.2) is 12.7 Å². The van der Waals surface area contributed by atoms with Gasteiger partial charge in [-0.2, -0.15) is 5.10 Å². The fraction of sp³-hybridized carbons (Fsp3) is 0.500. The summed E-state index contributed by atoms with van der Waals surface area (Å²) < 4.78 is 28.8. The number of H-pyrrole nitrogens is 1. The van der Waals surface area contributed by atoms with E-state index in [0.29, 0.717) is 19.0 Å². The topological polar surface area (TPSA) is 83.9 Å². The van der Waals surface area contributed by atoms with Gasteiger partial charge in [0.05, 0.1) is 29.4 Å². The molecule has 0 spiro atoms. The van der Waals surface area contributed by atoms with Crippen LogP contribution in [0.25, 0.3) is 22.2 Å². The maximum absolute atomic E-state index is 12.4. The van der Waals surface area contributed by atoms with Gasteiger partial charge in [-0.05, 0) is 36.8 Å². The molecule has 1 aliphatic rings. The van der Waals surface area contributed by atoms with E-state index in [1.54, 1.807) is 10.5 Å². The summed E-state index contributed by atoms with van der Waals surface area (Å²) in [5.41, 5.74) is 2.99. The number of rotatable bonds is 6. The Balaban J connectivity index is 1.42. The van der Waals surface area contributed by atoms with Crippen LogP contribution in [0, 0.1) is 11.8 Å². The Labute approximate surface area is 165 Å². The Morgan fingerprint density at radius 1 is 1.25 bits per heavy atom. The molecule has 1 N–H and O–H groups in total. The first-order chi connectivity index (χ1) is 13.4. The van der Waals surface area contributed by atoms with E-state index in [2.05, 4.69) is 38.1 Å². The van der Waals surface area contributed by atoms with Crippen LogP contribution in [-0.2, 0) is 16.6 Å². The van der Waals surface area contributed by atoms with Crippen molar-refractivity contribution in [1.82, 2.24) is 24.1 Å². The van der Waals surface area contributed by atoms with Gasteiger partial charge in [0.1, 0.15) is 0 Å². The molecule has 3 aromatic heterocycles. The maximum atomic E-state index is 12.4. The molecule has 4 rings (SSSR count). The lowest BCUT2D eigenvalue weighted by atomic mass is 9.98. The molecule has 0 bridgehead atoms. The molecule has 0 radical (unpaired) electrons. The summed E-state index contributed by atoms with van der Waals surface area (Å²) >= 11 is 0. The maximum Gasteiger partial charge on any atom is 0.214 e. The van der Waals surface area contributed by atoms with Gasteiger partial charge in [-0.15, -0.1) is 0 Å². The number of sulfonamides is 1. The van der Waals surface area contributed by atoms with Crippen molar-refractivity contribution in [2.75, 3.05) is 18.8 Å². The van der Waals surface area contributed by atoms with Crippen LogP contribution in [0.3, 0.4) is 0 Å². The summed E-state index contributed by atoms with van der Waals surface area (Å²) in [7, 11) is -3.12. The highest BCUT2D eigenvalue weighted by atomic mass is 32.2. The number of hydrogen-bond donors (Lipinski definition) is 1. The first-order valence-electron chi connectivity index (χ1n) is 9.84. The third-order valence-electron chi connectivity index (χ3n) is 5.42.